The fourth-order valence-corrected chi connectivity index (χ4v) is 4.64. The van der Waals surface area contributed by atoms with E-state index in [2.05, 4.69) is 68.6 Å². The largest absolute Gasteiger partial charge is 0.376 e. The molecule has 2 aliphatic rings. The highest BCUT2D eigenvalue weighted by Gasteiger charge is 2.41. The Morgan fingerprint density at radius 1 is 1.10 bits per heavy atom. The molecule has 29 heavy (non-hydrogen) atoms. The van der Waals surface area contributed by atoms with Crippen LogP contribution in [0, 0.1) is 0 Å². The van der Waals surface area contributed by atoms with Gasteiger partial charge < -0.3 is 19.5 Å². The molecule has 2 saturated heterocycles. The van der Waals surface area contributed by atoms with Gasteiger partial charge in [0.2, 0.25) is 0 Å². The van der Waals surface area contributed by atoms with E-state index >= 15 is 0 Å². The summed E-state index contributed by atoms with van der Waals surface area (Å²) in [4.78, 5) is 6.90. The number of aromatic nitrogens is 2. The number of hydrogen-bond acceptors (Lipinski definition) is 3. The number of hydrogen-bond donors (Lipinski definition) is 1. The maximum Gasteiger partial charge on any atom is 0.170 e. The minimum atomic E-state index is 0.0109. The van der Waals surface area contributed by atoms with Crippen LogP contribution < -0.4 is 5.32 Å². The number of nitrogens with zero attached hydrogens (tertiary/aromatic N) is 3. The van der Waals surface area contributed by atoms with Crippen molar-refractivity contribution in [3.05, 3.63) is 84.4 Å². The van der Waals surface area contributed by atoms with Crippen LogP contribution >= 0.6 is 12.2 Å². The van der Waals surface area contributed by atoms with Gasteiger partial charge in [0.25, 0.3) is 0 Å². The number of ether oxygens (including phenoxy) is 1. The zero-order chi connectivity index (χ0) is 19.6. The lowest BCUT2D eigenvalue weighted by Crippen LogP contribution is -2.36. The Kier molecular flexibility index (Phi) is 5.04. The highest BCUT2D eigenvalue weighted by molar-refractivity contribution is 7.80. The molecule has 4 heterocycles. The van der Waals surface area contributed by atoms with Crippen LogP contribution in [0.15, 0.2) is 73.2 Å². The molecule has 3 atom stereocenters. The van der Waals surface area contributed by atoms with Gasteiger partial charge in [-0.3, -0.25) is 4.98 Å². The van der Waals surface area contributed by atoms with Crippen molar-refractivity contribution in [1.82, 2.24) is 19.8 Å². The smallest absolute Gasteiger partial charge is 0.170 e. The summed E-state index contributed by atoms with van der Waals surface area (Å²) >= 11 is 5.75. The normalized spacial score (nSPS) is 24.1. The van der Waals surface area contributed by atoms with Gasteiger partial charge in [-0.1, -0.05) is 24.3 Å². The molecular formula is C23H24N4OS. The second-order valence-electron chi connectivity index (χ2n) is 7.60. The molecule has 0 saturated carbocycles. The number of pyridine rings is 1. The summed E-state index contributed by atoms with van der Waals surface area (Å²) in [6.07, 6.45) is 8.60. The van der Waals surface area contributed by atoms with Crippen molar-refractivity contribution in [2.24, 2.45) is 0 Å². The van der Waals surface area contributed by atoms with Crippen molar-refractivity contribution >= 4 is 17.3 Å². The van der Waals surface area contributed by atoms with Crippen molar-refractivity contribution in [1.29, 1.82) is 0 Å². The van der Waals surface area contributed by atoms with E-state index in [4.69, 9.17) is 17.0 Å². The number of thiocarbonyl (C=S) groups is 1. The minimum Gasteiger partial charge on any atom is -0.376 e. The maximum absolute atomic E-state index is 5.91. The van der Waals surface area contributed by atoms with E-state index in [1.54, 1.807) is 0 Å². The van der Waals surface area contributed by atoms with Crippen LogP contribution in [0.2, 0.25) is 0 Å². The third kappa shape index (κ3) is 3.66. The van der Waals surface area contributed by atoms with Gasteiger partial charge in [-0.05, 0) is 61.0 Å². The van der Waals surface area contributed by atoms with Gasteiger partial charge in [-0.15, -0.1) is 0 Å². The van der Waals surface area contributed by atoms with Crippen molar-refractivity contribution in [2.45, 2.75) is 31.0 Å². The Morgan fingerprint density at radius 3 is 2.72 bits per heavy atom. The molecule has 1 aromatic carbocycles. The monoisotopic (exact) mass is 404 g/mol. The van der Waals surface area contributed by atoms with Crippen LogP contribution in [0.3, 0.4) is 0 Å². The molecule has 0 unspecified atom stereocenters. The quantitative estimate of drug-likeness (QED) is 0.651. The molecule has 6 heteroatoms. The molecule has 1 N–H and O–H groups in total. The van der Waals surface area contributed by atoms with E-state index in [9.17, 15) is 0 Å². The molecule has 0 bridgehead atoms. The van der Waals surface area contributed by atoms with Gasteiger partial charge >= 0.3 is 0 Å². The third-order valence-corrected chi connectivity index (χ3v) is 6.09. The molecule has 2 fully saturated rings. The van der Waals surface area contributed by atoms with Crippen molar-refractivity contribution < 1.29 is 4.74 Å². The van der Waals surface area contributed by atoms with Gasteiger partial charge in [0.05, 0.1) is 23.9 Å². The van der Waals surface area contributed by atoms with Gasteiger partial charge in [-0.25, -0.2) is 0 Å². The summed E-state index contributed by atoms with van der Waals surface area (Å²) in [6, 6.07) is 18.7. The lowest BCUT2D eigenvalue weighted by Gasteiger charge is -2.29. The lowest BCUT2D eigenvalue weighted by molar-refractivity contribution is 0.0842. The van der Waals surface area contributed by atoms with Crippen molar-refractivity contribution in [2.75, 3.05) is 13.2 Å². The van der Waals surface area contributed by atoms with Crippen LogP contribution in [-0.2, 0) is 4.74 Å². The number of benzene rings is 1. The standard InChI is InChI=1S/C23H24N4OS/c29-23-25-21(20-10-4-5-12-24-20)22(27(23)16-19-9-6-14-28-19)17-11-13-26(15-17)18-7-2-1-3-8-18/h1-5,7-8,10-13,15,19,21-22H,6,9,14,16H2,(H,25,29)/t19-,21-,22-/m0/s1. The van der Waals surface area contributed by atoms with Crippen LogP contribution in [0.25, 0.3) is 5.69 Å². The lowest BCUT2D eigenvalue weighted by atomic mass is 9.99. The Balaban J connectivity index is 1.50. The van der Waals surface area contributed by atoms with Gasteiger partial charge in [0.15, 0.2) is 5.11 Å². The summed E-state index contributed by atoms with van der Waals surface area (Å²) in [7, 11) is 0. The highest BCUT2D eigenvalue weighted by atomic mass is 32.1. The molecule has 0 spiro atoms. The van der Waals surface area contributed by atoms with Crippen molar-refractivity contribution in [3.63, 3.8) is 0 Å². The van der Waals surface area contributed by atoms with Crippen LogP contribution in [0.5, 0.6) is 0 Å². The first-order chi connectivity index (χ1) is 14.3. The van der Waals surface area contributed by atoms with E-state index in [1.807, 2.05) is 24.4 Å². The number of para-hydroxylation sites is 1. The molecule has 0 aliphatic carbocycles. The molecule has 0 amide bonds. The van der Waals surface area contributed by atoms with E-state index in [1.165, 1.54) is 5.56 Å². The van der Waals surface area contributed by atoms with E-state index < -0.39 is 0 Å². The average Bonchev–Trinajstić information content (AvgIpc) is 3.51. The molecule has 5 rings (SSSR count). The van der Waals surface area contributed by atoms with E-state index in [0.717, 1.165) is 42.5 Å². The molecule has 5 nitrogen and oxygen atoms in total. The number of nitrogens with one attached hydrogen (secondary N) is 1. The fourth-order valence-electron chi connectivity index (χ4n) is 4.32. The summed E-state index contributed by atoms with van der Waals surface area (Å²) in [5.74, 6) is 0. The Morgan fingerprint density at radius 2 is 1.97 bits per heavy atom. The third-order valence-electron chi connectivity index (χ3n) is 5.73. The molecule has 2 aromatic heterocycles. The topological polar surface area (TPSA) is 42.3 Å². The summed E-state index contributed by atoms with van der Waals surface area (Å²) < 4.78 is 8.08. The second kappa shape index (κ2) is 7.97. The Bertz CT molecular complexity index is 969. The Labute approximate surface area is 176 Å². The van der Waals surface area contributed by atoms with E-state index in [0.29, 0.717) is 0 Å². The van der Waals surface area contributed by atoms with Crippen LogP contribution in [0.1, 0.15) is 36.2 Å². The van der Waals surface area contributed by atoms with Crippen molar-refractivity contribution in [3.8, 4) is 5.69 Å². The zero-order valence-electron chi connectivity index (χ0n) is 16.1. The average molecular weight is 405 g/mol. The fraction of sp³-hybridized carbons (Fsp3) is 0.304. The number of rotatable bonds is 5. The molecule has 2 aliphatic heterocycles. The van der Waals surface area contributed by atoms with Gasteiger partial charge in [-0.2, -0.15) is 0 Å². The second-order valence-corrected chi connectivity index (χ2v) is 7.99. The first kappa shape index (κ1) is 18.3. The minimum absolute atomic E-state index is 0.0109. The predicted octanol–water partition coefficient (Wildman–Crippen LogP) is 4.02. The molecule has 0 radical (unpaired) electrons. The first-order valence-electron chi connectivity index (χ1n) is 10.1. The SMILES string of the molecule is S=C1N[C@@H](c2ccccn2)[C@H](c2ccn(-c3ccccc3)c2)N1C[C@@H]1CCCO1. The zero-order valence-corrected chi connectivity index (χ0v) is 17.0. The maximum atomic E-state index is 5.91. The molecular weight excluding hydrogens is 380 g/mol. The summed E-state index contributed by atoms with van der Waals surface area (Å²) in [5, 5.41) is 4.29. The van der Waals surface area contributed by atoms with Crippen LogP contribution in [-0.4, -0.2) is 38.8 Å². The predicted molar refractivity (Wildman–Crippen MR) is 117 cm³/mol. The van der Waals surface area contributed by atoms with E-state index in [-0.39, 0.29) is 18.2 Å². The highest BCUT2D eigenvalue weighted by Crippen LogP contribution is 2.39. The summed E-state index contributed by atoms with van der Waals surface area (Å²) in [5.41, 5.74) is 3.37. The van der Waals surface area contributed by atoms with Gasteiger partial charge in [0, 0.05) is 37.4 Å². The first-order valence-corrected chi connectivity index (χ1v) is 10.5. The van der Waals surface area contributed by atoms with Crippen LogP contribution in [0.4, 0.5) is 0 Å². The molecule has 148 valence electrons. The molecule has 3 aromatic rings. The summed E-state index contributed by atoms with van der Waals surface area (Å²) in [6.45, 7) is 1.65. The Hall–Kier alpha value is -2.70. The van der Waals surface area contributed by atoms with Gasteiger partial charge in [0.1, 0.15) is 0 Å².